The third-order valence-corrected chi connectivity index (χ3v) is 4.42. The standard InChI is InChI=1S/C13H16ClNS/c1-10(7-14)15(2)8-11-9-16-13-6-4-3-5-12(11)13/h3-6,9-10H,7-8H2,1-2H3. The first-order chi connectivity index (χ1) is 7.72. The molecule has 2 aromatic rings. The van der Waals surface area contributed by atoms with Crippen molar-refractivity contribution in [2.45, 2.75) is 19.5 Å². The van der Waals surface area contributed by atoms with E-state index >= 15 is 0 Å². The van der Waals surface area contributed by atoms with Gasteiger partial charge in [0.05, 0.1) is 0 Å². The number of hydrogen-bond acceptors (Lipinski definition) is 2. The van der Waals surface area contributed by atoms with Crippen molar-refractivity contribution in [3.63, 3.8) is 0 Å². The lowest BCUT2D eigenvalue weighted by Crippen LogP contribution is -2.29. The second-order valence-electron chi connectivity index (χ2n) is 4.18. The van der Waals surface area contributed by atoms with Crippen LogP contribution in [0.5, 0.6) is 0 Å². The Labute approximate surface area is 106 Å². The quantitative estimate of drug-likeness (QED) is 0.746. The van der Waals surface area contributed by atoms with E-state index in [-0.39, 0.29) is 0 Å². The van der Waals surface area contributed by atoms with Crippen LogP contribution in [-0.4, -0.2) is 23.9 Å². The third kappa shape index (κ3) is 2.40. The molecule has 1 aromatic heterocycles. The summed E-state index contributed by atoms with van der Waals surface area (Å²) < 4.78 is 1.37. The lowest BCUT2D eigenvalue weighted by atomic mass is 10.1. The molecule has 16 heavy (non-hydrogen) atoms. The van der Waals surface area contributed by atoms with Gasteiger partial charge >= 0.3 is 0 Å². The average Bonchev–Trinajstić information content (AvgIpc) is 2.72. The lowest BCUT2D eigenvalue weighted by Gasteiger charge is -2.22. The van der Waals surface area contributed by atoms with Crippen molar-refractivity contribution < 1.29 is 0 Å². The molecule has 3 heteroatoms. The van der Waals surface area contributed by atoms with Gasteiger partial charge in [-0.1, -0.05) is 18.2 Å². The van der Waals surface area contributed by atoms with E-state index in [0.29, 0.717) is 11.9 Å². The van der Waals surface area contributed by atoms with Crippen LogP contribution in [0.4, 0.5) is 0 Å². The topological polar surface area (TPSA) is 3.24 Å². The molecule has 1 heterocycles. The van der Waals surface area contributed by atoms with Crippen molar-refractivity contribution in [1.29, 1.82) is 0 Å². The molecule has 0 radical (unpaired) electrons. The van der Waals surface area contributed by atoms with Gasteiger partial charge in [-0.15, -0.1) is 22.9 Å². The molecule has 1 unspecified atom stereocenters. The molecule has 1 nitrogen and oxygen atoms in total. The molecule has 0 fully saturated rings. The highest BCUT2D eigenvalue weighted by atomic mass is 35.5. The molecule has 0 aliphatic carbocycles. The second kappa shape index (κ2) is 5.17. The number of thiophene rings is 1. The summed E-state index contributed by atoms with van der Waals surface area (Å²) in [4.78, 5) is 2.29. The molecular weight excluding hydrogens is 238 g/mol. The maximum Gasteiger partial charge on any atom is 0.0376 e. The Bertz CT molecular complexity index is 466. The van der Waals surface area contributed by atoms with E-state index in [2.05, 4.69) is 48.5 Å². The Hall–Kier alpha value is -0.570. The molecule has 0 N–H and O–H groups in total. The number of fused-ring (bicyclic) bond motifs is 1. The highest BCUT2D eigenvalue weighted by Crippen LogP contribution is 2.26. The number of halogens is 1. The van der Waals surface area contributed by atoms with E-state index in [1.807, 2.05) is 11.3 Å². The normalized spacial score (nSPS) is 13.5. The number of rotatable bonds is 4. The summed E-state index contributed by atoms with van der Waals surface area (Å²) in [5, 5.41) is 3.63. The minimum atomic E-state index is 0.417. The van der Waals surface area contributed by atoms with Crippen LogP contribution >= 0.6 is 22.9 Å². The zero-order valence-corrected chi connectivity index (χ0v) is 11.2. The van der Waals surface area contributed by atoms with Crippen LogP contribution in [0.15, 0.2) is 29.6 Å². The SMILES string of the molecule is CC(CCl)N(C)Cc1csc2ccccc12. The summed E-state index contributed by atoms with van der Waals surface area (Å²) in [7, 11) is 2.12. The number of hydrogen-bond donors (Lipinski definition) is 0. The first kappa shape index (κ1) is 11.9. The van der Waals surface area contributed by atoms with Crippen molar-refractivity contribution in [3.8, 4) is 0 Å². The second-order valence-corrected chi connectivity index (χ2v) is 5.40. The van der Waals surface area contributed by atoms with Crippen LogP contribution < -0.4 is 0 Å². The van der Waals surface area contributed by atoms with Crippen LogP contribution in [0.2, 0.25) is 0 Å². The average molecular weight is 254 g/mol. The van der Waals surface area contributed by atoms with Gasteiger partial charge in [-0.3, -0.25) is 4.90 Å². The Morgan fingerprint density at radius 2 is 2.12 bits per heavy atom. The van der Waals surface area contributed by atoms with Crippen LogP contribution in [0.25, 0.3) is 10.1 Å². The van der Waals surface area contributed by atoms with Crippen molar-refractivity contribution >= 4 is 33.0 Å². The highest BCUT2D eigenvalue weighted by Gasteiger charge is 2.10. The molecule has 0 saturated carbocycles. The predicted octanol–water partition coefficient (Wildman–Crippen LogP) is 3.96. The highest BCUT2D eigenvalue weighted by molar-refractivity contribution is 7.17. The predicted molar refractivity (Wildman–Crippen MR) is 73.5 cm³/mol. The Balaban J connectivity index is 2.21. The minimum absolute atomic E-state index is 0.417. The molecule has 2 rings (SSSR count). The summed E-state index contributed by atoms with van der Waals surface area (Å²) in [6.45, 7) is 3.12. The van der Waals surface area contributed by atoms with E-state index in [1.54, 1.807) is 0 Å². The van der Waals surface area contributed by atoms with Gasteiger partial charge in [-0.25, -0.2) is 0 Å². The van der Waals surface area contributed by atoms with Gasteiger partial charge < -0.3 is 0 Å². The molecule has 0 aliphatic rings. The van der Waals surface area contributed by atoms with Gasteiger partial charge in [-0.05, 0) is 36.4 Å². The summed E-state index contributed by atoms with van der Waals surface area (Å²) in [5.41, 5.74) is 1.40. The van der Waals surface area contributed by atoms with Gasteiger partial charge in [0.15, 0.2) is 0 Å². The van der Waals surface area contributed by atoms with Gasteiger partial charge in [-0.2, -0.15) is 0 Å². The Morgan fingerprint density at radius 1 is 1.38 bits per heavy atom. The number of alkyl halides is 1. The van der Waals surface area contributed by atoms with Gasteiger partial charge in [0.2, 0.25) is 0 Å². The van der Waals surface area contributed by atoms with Gasteiger partial charge in [0, 0.05) is 23.2 Å². The van der Waals surface area contributed by atoms with E-state index < -0.39 is 0 Å². The van der Waals surface area contributed by atoms with Gasteiger partial charge in [0.25, 0.3) is 0 Å². The minimum Gasteiger partial charge on any atom is -0.298 e. The van der Waals surface area contributed by atoms with Crippen LogP contribution in [0, 0.1) is 0 Å². The fourth-order valence-corrected chi connectivity index (χ4v) is 2.89. The third-order valence-electron chi connectivity index (χ3n) is 2.96. The van der Waals surface area contributed by atoms with Crippen LogP contribution in [0.1, 0.15) is 12.5 Å². The summed E-state index contributed by atoms with van der Waals surface area (Å²) in [5.74, 6) is 0.679. The zero-order chi connectivity index (χ0) is 11.5. The molecule has 1 aromatic carbocycles. The van der Waals surface area contributed by atoms with Crippen molar-refractivity contribution in [2.24, 2.45) is 0 Å². The fourth-order valence-electron chi connectivity index (χ4n) is 1.70. The summed E-state index contributed by atoms with van der Waals surface area (Å²) in [6.07, 6.45) is 0. The molecule has 0 bridgehead atoms. The van der Waals surface area contributed by atoms with Crippen molar-refractivity contribution in [3.05, 3.63) is 35.2 Å². The van der Waals surface area contributed by atoms with Crippen molar-refractivity contribution in [1.82, 2.24) is 4.90 Å². The molecule has 0 spiro atoms. The molecule has 0 aliphatic heterocycles. The number of benzene rings is 1. The van der Waals surface area contributed by atoms with Crippen molar-refractivity contribution in [2.75, 3.05) is 12.9 Å². The molecule has 86 valence electrons. The monoisotopic (exact) mass is 253 g/mol. The van der Waals surface area contributed by atoms with Crippen LogP contribution in [0.3, 0.4) is 0 Å². The largest absolute Gasteiger partial charge is 0.298 e. The summed E-state index contributed by atoms with van der Waals surface area (Å²) in [6, 6.07) is 8.98. The zero-order valence-electron chi connectivity index (χ0n) is 9.61. The van der Waals surface area contributed by atoms with Gasteiger partial charge in [0.1, 0.15) is 0 Å². The maximum absolute atomic E-state index is 5.87. The van der Waals surface area contributed by atoms with Crippen LogP contribution in [-0.2, 0) is 6.54 Å². The smallest absolute Gasteiger partial charge is 0.0376 e. The van der Waals surface area contributed by atoms with E-state index in [4.69, 9.17) is 11.6 Å². The van der Waals surface area contributed by atoms with E-state index in [0.717, 1.165) is 6.54 Å². The van der Waals surface area contributed by atoms with E-state index in [1.165, 1.54) is 15.6 Å². The molecular formula is C13H16ClNS. The lowest BCUT2D eigenvalue weighted by molar-refractivity contribution is 0.269. The molecule has 0 saturated heterocycles. The van der Waals surface area contributed by atoms with E-state index in [9.17, 15) is 0 Å². The first-order valence-corrected chi connectivity index (χ1v) is 6.85. The molecule has 0 amide bonds. The fraction of sp³-hybridized carbons (Fsp3) is 0.385. The number of nitrogens with zero attached hydrogens (tertiary/aromatic N) is 1. The molecule has 1 atom stereocenters. The Kier molecular flexibility index (Phi) is 3.85. The first-order valence-electron chi connectivity index (χ1n) is 5.43. The Morgan fingerprint density at radius 3 is 2.88 bits per heavy atom. The summed E-state index contributed by atoms with van der Waals surface area (Å²) >= 11 is 7.68. The maximum atomic E-state index is 5.87.